The van der Waals surface area contributed by atoms with E-state index in [0.717, 1.165) is 20.0 Å². The number of thioether (sulfide) groups is 1. The lowest BCUT2D eigenvalue weighted by Gasteiger charge is -2.18. The number of hydrogen-bond donors (Lipinski definition) is 1. The minimum absolute atomic E-state index is 0.489. The fraction of sp³-hybridized carbons (Fsp3) is 0.312. The van der Waals surface area contributed by atoms with E-state index in [1.54, 1.807) is 12.1 Å². The zero-order valence-corrected chi connectivity index (χ0v) is 16.9. The molecule has 0 saturated carbocycles. The van der Waals surface area contributed by atoms with Crippen molar-refractivity contribution in [3.8, 4) is 0 Å². The minimum atomic E-state index is -4.26. The van der Waals surface area contributed by atoms with Gasteiger partial charge in [0, 0.05) is 32.2 Å². The average Bonchev–Trinajstić information content (AvgIpc) is 2.63. The molecule has 1 amide bonds. The number of carbonyl (C=O) groups excluding carboxylic acids is 1. The Bertz CT molecular complexity index is 1090. The van der Waals surface area contributed by atoms with Crippen molar-refractivity contribution in [2.75, 3.05) is 25.2 Å². The van der Waals surface area contributed by atoms with Gasteiger partial charge in [-0.3, -0.25) is 14.2 Å². The molecule has 27 heavy (non-hydrogen) atoms. The first-order valence-corrected chi connectivity index (χ1v) is 10.4. The van der Waals surface area contributed by atoms with Crippen LogP contribution in [0.1, 0.15) is 0 Å². The molecule has 0 aliphatic carbocycles. The molecule has 1 aromatic carbocycles. The topological polar surface area (TPSA) is 110 Å². The van der Waals surface area contributed by atoms with Gasteiger partial charge < -0.3 is 9.88 Å². The Balaban J connectivity index is 2.27. The summed E-state index contributed by atoms with van der Waals surface area (Å²) in [7, 11) is -0.535. The lowest BCUT2D eigenvalue weighted by atomic mass is 10.3. The summed E-state index contributed by atoms with van der Waals surface area (Å²) in [4.78, 5) is 36.5. The number of para-hydroxylation sites is 1. The Kier molecular flexibility index (Phi) is 6.29. The molecule has 9 nitrogen and oxygen atoms in total. The van der Waals surface area contributed by atoms with Crippen molar-refractivity contribution in [1.82, 2.24) is 13.4 Å². The van der Waals surface area contributed by atoms with Crippen molar-refractivity contribution in [3.63, 3.8) is 0 Å². The highest BCUT2D eigenvalue weighted by molar-refractivity contribution is 7.98. The van der Waals surface area contributed by atoms with Crippen molar-refractivity contribution in [1.29, 1.82) is 0 Å². The Hall–Kier alpha value is -2.37. The quantitative estimate of drug-likeness (QED) is 0.672. The van der Waals surface area contributed by atoms with Gasteiger partial charge in [0.2, 0.25) is 15.9 Å². The number of anilines is 1. The summed E-state index contributed by atoms with van der Waals surface area (Å²) in [5, 5.41) is 2.66. The van der Waals surface area contributed by atoms with E-state index < -0.39 is 38.6 Å². The zero-order chi connectivity index (χ0) is 20.4. The number of rotatable bonds is 6. The first-order valence-electron chi connectivity index (χ1n) is 7.75. The summed E-state index contributed by atoms with van der Waals surface area (Å²) in [6, 6.07) is 7.12. The van der Waals surface area contributed by atoms with Crippen molar-refractivity contribution in [2.45, 2.75) is 9.79 Å². The van der Waals surface area contributed by atoms with Crippen molar-refractivity contribution < 1.29 is 13.2 Å². The molecule has 2 rings (SSSR count). The van der Waals surface area contributed by atoms with E-state index >= 15 is 0 Å². The Labute approximate surface area is 160 Å². The largest absolute Gasteiger partial charge is 0.330 e. The number of nitrogens with one attached hydrogen (secondary N) is 1. The van der Waals surface area contributed by atoms with E-state index in [4.69, 9.17) is 0 Å². The second-order valence-corrected chi connectivity index (χ2v) is 8.62. The second-order valence-electron chi connectivity index (χ2n) is 5.76. The van der Waals surface area contributed by atoms with Crippen LogP contribution >= 0.6 is 11.8 Å². The molecule has 0 unspecified atom stereocenters. The number of amides is 1. The van der Waals surface area contributed by atoms with Crippen LogP contribution < -0.4 is 16.6 Å². The van der Waals surface area contributed by atoms with E-state index in [2.05, 4.69) is 5.32 Å². The van der Waals surface area contributed by atoms with Crippen LogP contribution in [0.4, 0.5) is 5.69 Å². The van der Waals surface area contributed by atoms with Gasteiger partial charge in [-0.1, -0.05) is 12.1 Å². The molecule has 146 valence electrons. The average molecular weight is 412 g/mol. The minimum Gasteiger partial charge on any atom is -0.324 e. The maximum absolute atomic E-state index is 12.7. The van der Waals surface area contributed by atoms with E-state index in [9.17, 15) is 22.8 Å². The molecule has 2 aromatic rings. The maximum Gasteiger partial charge on any atom is 0.330 e. The van der Waals surface area contributed by atoms with E-state index in [-0.39, 0.29) is 0 Å². The summed E-state index contributed by atoms with van der Waals surface area (Å²) in [5.74, 6) is -0.552. The third-order valence-corrected chi connectivity index (χ3v) is 6.43. The smallest absolute Gasteiger partial charge is 0.324 e. The SMILES string of the molecule is CSc1ccccc1NC(=O)CN(C)S(=O)(=O)c1cn(C)c(=O)n(C)c1=O. The summed E-state index contributed by atoms with van der Waals surface area (Å²) in [6.07, 6.45) is 2.81. The molecule has 1 N–H and O–H groups in total. The lowest BCUT2D eigenvalue weighted by Crippen LogP contribution is -2.43. The highest BCUT2D eigenvalue weighted by Gasteiger charge is 2.27. The van der Waals surface area contributed by atoms with Crippen LogP contribution in [0.15, 0.2) is 49.8 Å². The highest BCUT2D eigenvalue weighted by Crippen LogP contribution is 2.24. The van der Waals surface area contributed by atoms with Gasteiger partial charge in [0.1, 0.15) is 0 Å². The monoisotopic (exact) mass is 412 g/mol. The van der Waals surface area contributed by atoms with Crippen LogP contribution in [0, 0.1) is 0 Å². The Morgan fingerprint density at radius 1 is 1.22 bits per heavy atom. The lowest BCUT2D eigenvalue weighted by molar-refractivity contribution is -0.116. The first-order chi connectivity index (χ1) is 12.6. The molecule has 0 fully saturated rings. The van der Waals surface area contributed by atoms with Crippen LogP contribution in [0.5, 0.6) is 0 Å². The molecule has 1 heterocycles. The first kappa shape index (κ1) is 20.9. The number of nitrogens with zero attached hydrogens (tertiary/aromatic N) is 3. The van der Waals surface area contributed by atoms with Gasteiger partial charge in [0.05, 0.1) is 12.2 Å². The molecule has 0 saturated heterocycles. The highest BCUT2D eigenvalue weighted by atomic mass is 32.2. The van der Waals surface area contributed by atoms with Crippen molar-refractivity contribution >= 4 is 33.4 Å². The molecular weight excluding hydrogens is 392 g/mol. The molecular formula is C16H20N4O5S2. The van der Waals surface area contributed by atoms with Gasteiger partial charge in [-0.2, -0.15) is 4.31 Å². The third kappa shape index (κ3) is 4.31. The molecule has 0 atom stereocenters. The zero-order valence-electron chi connectivity index (χ0n) is 15.3. The molecule has 0 radical (unpaired) electrons. The van der Waals surface area contributed by atoms with E-state index in [1.807, 2.05) is 18.4 Å². The van der Waals surface area contributed by atoms with Gasteiger partial charge in [-0.15, -0.1) is 11.8 Å². The molecule has 0 aliphatic heterocycles. The molecule has 0 aliphatic rings. The second kappa shape index (κ2) is 8.11. The fourth-order valence-electron chi connectivity index (χ4n) is 2.34. The van der Waals surface area contributed by atoms with Gasteiger partial charge in [-0.05, 0) is 18.4 Å². The number of carbonyl (C=O) groups is 1. The predicted octanol–water partition coefficient (Wildman–Crippen LogP) is 0.0651. The summed E-state index contributed by atoms with van der Waals surface area (Å²) in [5.41, 5.74) is -1.02. The fourth-order valence-corrected chi connectivity index (χ4v) is 4.17. The number of benzene rings is 1. The Morgan fingerprint density at radius 2 is 1.85 bits per heavy atom. The number of sulfonamides is 1. The third-order valence-electron chi connectivity index (χ3n) is 3.85. The van der Waals surface area contributed by atoms with Crippen LogP contribution in [-0.2, 0) is 28.9 Å². The number of aryl methyl sites for hydroxylation is 1. The molecule has 1 aromatic heterocycles. The van der Waals surface area contributed by atoms with Gasteiger partial charge in [0.25, 0.3) is 5.56 Å². The summed E-state index contributed by atoms with van der Waals surface area (Å²) >= 11 is 1.44. The number of likely N-dealkylation sites (N-methyl/N-ethyl adjacent to an activating group) is 1. The van der Waals surface area contributed by atoms with Gasteiger partial charge in [0.15, 0.2) is 4.90 Å². The van der Waals surface area contributed by atoms with E-state index in [1.165, 1.54) is 32.9 Å². The van der Waals surface area contributed by atoms with Gasteiger partial charge in [-0.25, -0.2) is 13.2 Å². The normalized spacial score (nSPS) is 11.6. The summed E-state index contributed by atoms with van der Waals surface area (Å²) < 4.78 is 27.9. The van der Waals surface area contributed by atoms with Gasteiger partial charge >= 0.3 is 5.69 Å². The van der Waals surface area contributed by atoms with Crippen LogP contribution in [-0.4, -0.2) is 47.6 Å². The predicted molar refractivity (Wildman–Crippen MR) is 104 cm³/mol. The number of aromatic nitrogens is 2. The number of hydrogen-bond acceptors (Lipinski definition) is 6. The van der Waals surface area contributed by atoms with Crippen molar-refractivity contribution in [2.24, 2.45) is 14.1 Å². The Morgan fingerprint density at radius 3 is 2.48 bits per heavy atom. The standard InChI is InChI=1S/C16H20N4O5S2/c1-18-9-13(15(22)20(3)16(18)23)27(24,25)19(2)10-14(21)17-11-7-5-6-8-12(11)26-4/h5-9H,10H2,1-4H3,(H,17,21). The van der Waals surface area contributed by atoms with Crippen LogP contribution in [0.3, 0.4) is 0 Å². The maximum atomic E-state index is 12.7. The molecule has 11 heteroatoms. The molecule has 0 bridgehead atoms. The van der Waals surface area contributed by atoms with Crippen LogP contribution in [0.2, 0.25) is 0 Å². The van der Waals surface area contributed by atoms with Crippen LogP contribution in [0.25, 0.3) is 0 Å². The molecule has 0 spiro atoms. The summed E-state index contributed by atoms with van der Waals surface area (Å²) in [6.45, 7) is -0.489. The van der Waals surface area contributed by atoms with E-state index in [0.29, 0.717) is 10.3 Å². The van der Waals surface area contributed by atoms with Crippen molar-refractivity contribution in [3.05, 3.63) is 51.3 Å².